The molecule has 1 aromatic heterocycles. The van der Waals surface area contributed by atoms with Crippen LogP contribution in [0.3, 0.4) is 0 Å². The van der Waals surface area contributed by atoms with Crippen molar-refractivity contribution in [1.29, 1.82) is 0 Å². The van der Waals surface area contributed by atoms with E-state index in [0.29, 0.717) is 23.7 Å². The second-order valence-corrected chi connectivity index (χ2v) is 6.17. The average molecular weight is 383 g/mol. The maximum atomic E-state index is 11.4. The van der Waals surface area contributed by atoms with Crippen molar-refractivity contribution in [2.24, 2.45) is 5.84 Å². The van der Waals surface area contributed by atoms with E-state index >= 15 is 0 Å². The molecule has 4 N–H and O–H groups in total. The van der Waals surface area contributed by atoms with Crippen molar-refractivity contribution in [3.8, 4) is 22.9 Å². The summed E-state index contributed by atoms with van der Waals surface area (Å²) in [6, 6.07) is 13.0. The van der Waals surface area contributed by atoms with Crippen LogP contribution in [0, 0.1) is 0 Å². The number of likely N-dealkylation sites (N-methyl/N-ethyl adjacent to an activating group) is 1. The molecule has 0 aliphatic rings. The van der Waals surface area contributed by atoms with Gasteiger partial charge in [-0.2, -0.15) is 0 Å². The Bertz CT molecular complexity index is 919. The fraction of sp³-hybridized carbons (Fsp3) is 0.300. The maximum Gasteiger partial charge on any atom is 0.426 e. The van der Waals surface area contributed by atoms with E-state index in [4.69, 9.17) is 15.3 Å². The predicted molar refractivity (Wildman–Crippen MR) is 108 cm³/mol. The lowest BCUT2D eigenvalue weighted by Crippen LogP contribution is -2.32. The molecule has 0 spiro atoms. The summed E-state index contributed by atoms with van der Waals surface area (Å²) in [5.74, 6) is 6.90. The van der Waals surface area contributed by atoms with Crippen LogP contribution in [0.4, 0.5) is 4.79 Å². The number of aromatic nitrogens is 2. The van der Waals surface area contributed by atoms with Gasteiger partial charge in [0.1, 0.15) is 23.7 Å². The first-order valence-corrected chi connectivity index (χ1v) is 9.27. The van der Waals surface area contributed by atoms with Crippen LogP contribution in [0.25, 0.3) is 22.4 Å². The molecule has 28 heavy (non-hydrogen) atoms. The van der Waals surface area contributed by atoms with E-state index in [1.807, 2.05) is 35.8 Å². The van der Waals surface area contributed by atoms with Crippen molar-refractivity contribution in [3.05, 3.63) is 42.5 Å². The minimum Gasteiger partial charge on any atom is -0.492 e. The number of aromatic amines is 1. The van der Waals surface area contributed by atoms with Gasteiger partial charge in [0, 0.05) is 12.1 Å². The number of nitrogens with two attached hydrogens (primary N) is 1. The lowest BCUT2D eigenvalue weighted by Gasteiger charge is -2.18. The Morgan fingerprint density at radius 1 is 1.18 bits per heavy atom. The summed E-state index contributed by atoms with van der Waals surface area (Å²) in [4.78, 5) is 21.5. The summed E-state index contributed by atoms with van der Waals surface area (Å²) < 4.78 is 11.0. The quantitative estimate of drug-likeness (QED) is 0.314. The van der Waals surface area contributed by atoms with Crippen LogP contribution in [0.15, 0.2) is 42.5 Å². The first kappa shape index (κ1) is 19.7. The number of fused-ring (bicyclic) bond motifs is 1. The molecular formula is C20H25N5O3. The Morgan fingerprint density at radius 3 is 2.61 bits per heavy atom. The third-order valence-corrected chi connectivity index (χ3v) is 4.49. The van der Waals surface area contributed by atoms with Gasteiger partial charge in [0.15, 0.2) is 5.75 Å². The topological polar surface area (TPSA) is 106 Å². The molecular weight excluding hydrogens is 358 g/mol. The molecule has 1 heterocycles. The van der Waals surface area contributed by atoms with E-state index in [1.165, 1.54) is 0 Å². The molecule has 1 amide bonds. The van der Waals surface area contributed by atoms with E-state index in [9.17, 15) is 4.79 Å². The number of benzene rings is 2. The fourth-order valence-corrected chi connectivity index (χ4v) is 2.90. The van der Waals surface area contributed by atoms with Crippen molar-refractivity contribution in [1.82, 2.24) is 20.3 Å². The monoisotopic (exact) mass is 383 g/mol. The standard InChI is InChI=1S/C20H25N5O3/c1-3-25(4-2)12-13-27-15-10-8-14(9-11-15)19-22-16-6-5-7-17(18(16)23-19)28-20(26)24-21/h5-11H,3-4,12-13,21H2,1-2H3,(H,22,23)(H,24,26). The van der Waals surface area contributed by atoms with Gasteiger partial charge in [0.05, 0.1) is 5.52 Å². The largest absolute Gasteiger partial charge is 0.492 e. The summed E-state index contributed by atoms with van der Waals surface area (Å²) in [6.07, 6.45) is -0.747. The lowest BCUT2D eigenvalue weighted by molar-refractivity contribution is 0.201. The Balaban J connectivity index is 1.72. The summed E-state index contributed by atoms with van der Waals surface area (Å²) >= 11 is 0. The number of para-hydroxylation sites is 1. The summed E-state index contributed by atoms with van der Waals surface area (Å²) in [6.45, 7) is 7.87. The predicted octanol–water partition coefficient (Wildman–Crippen LogP) is 2.91. The Labute approximate surface area is 163 Å². The molecule has 0 fully saturated rings. The summed E-state index contributed by atoms with van der Waals surface area (Å²) in [7, 11) is 0. The number of nitrogens with one attached hydrogen (secondary N) is 2. The number of hydrogen-bond acceptors (Lipinski definition) is 6. The average Bonchev–Trinajstić information content (AvgIpc) is 3.17. The van der Waals surface area contributed by atoms with E-state index in [-0.39, 0.29) is 0 Å². The normalized spacial score (nSPS) is 11.0. The van der Waals surface area contributed by atoms with Gasteiger partial charge in [0.2, 0.25) is 0 Å². The van der Waals surface area contributed by atoms with E-state index < -0.39 is 6.09 Å². The first-order valence-electron chi connectivity index (χ1n) is 9.27. The van der Waals surface area contributed by atoms with Gasteiger partial charge in [-0.3, -0.25) is 5.43 Å². The van der Waals surface area contributed by atoms with Crippen LogP contribution in [0.1, 0.15) is 13.8 Å². The highest BCUT2D eigenvalue weighted by Gasteiger charge is 2.12. The Hall–Kier alpha value is -3.10. The van der Waals surface area contributed by atoms with E-state index in [2.05, 4.69) is 28.7 Å². The van der Waals surface area contributed by atoms with E-state index in [1.54, 1.807) is 12.1 Å². The number of hydrazine groups is 1. The molecule has 0 aliphatic carbocycles. The number of nitrogens with zero attached hydrogens (tertiary/aromatic N) is 2. The number of imidazole rings is 1. The van der Waals surface area contributed by atoms with Gasteiger partial charge in [-0.15, -0.1) is 0 Å². The molecule has 0 bridgehead atoms. The molecule has 0 radical (unpaired) electrons. The number of carbonyl (C=O) groups is 1. The molecule has 0 saturated carbocycles. The van der Waals surface area contributed by atoms with Crippen molar-refractivity contribution in [2.75, 3.05) is 26.2 Å². The highest BCUT2D eigenvalue weighted by molar-refractivity contribution is 5.87. The number of amides is 1. The molecule has 3 aromatic rings. The third-order valence-electron chi connectivity index (χ3n) is 4.49. The highest BCUT2D eigenvalue weighted by atomic mass is 16.6. The molecule has 8 nitrogen and oxygen atoms in total. The number of carbonyl (C=O) groups excluding carboxylic acids is 1. The van der Waals surface area contributed by atoms with Crippen molar-refractivity contribution < 1.29 is 14.3 Å². The third kappa shape index (κ3) is 4.59. The van der Waals surface area contributed by atoms with E-state index in [0.717, 1.165) is 36.5 Å². The van der Waals surface area contributed by atoms with Crippen LogP contribution < -0.4 is 20.7 Å². The summed E-state index contributed by atoms with van der Waals surface area (Å²) in [5.41, 5.74) is 4.16. The van der Waals surface area contributed by atoms with Crippen molar-refractivity contribution in [2.45, 2.75) is 13.8 Å². The smallest absolute Gasteiger partial charge is 0.426 e. The number of ether oxygens (including phenoxy) is 2. The van der Waals surface area contributed by atoms with Crippen LogP contribution in [-0.4, -0.2) is 47.2 Å². The summed E-state index contributed by atoms with van der Waals surface area (Å²) in [5, 5.41) is 0. The number of hydrogen-bond donors (Lipinski definition) is 3. The molecule has 8 heteroatoms. The second kappa shape index (κ2) is 9.20. The van der Waals surface area contributed by atoms with Gasteiger partial charge in [-0.1, -0.05) is 19.9 Å². The molecule has 3 rings (SSSR count). The van der Waals surface area contributed by atoms with Crippen LogP contribution >= 0.6 is 0 Å². The van der Waals surface area contributed by atoms with Gasteiger partial charge in [-0.25, -0.2) is 15.6 Å². The zero-order chi connectivity index (χ0) is 19.9. The molecule has 2 aromatic carbocycles. The zero-order valence-electron chi connectivity index (χ0n) is 16.1. The Kier molecular flexibility index (Phi) is 6.46. The molecule has 0 atom stereocenters. The van der Waals surface area contributed by atoms with Gasteiger partial charge in [0.25, 0.3) is 0 Å². The van der Waals surface area contributed by atoms with Crippen LogP contribution in [0.2, 0.25) is 0 Å². The maximum absolute atomic E-state index is 11.4. The highest BCUT2D eigenvalue weighted by Crippen LogP contribution is 2.28. The number of rotatable bonds is 8. The van der Waals surface area contributed by atoms with Gasteiger partial charge < -0.3 is 19.4 Å². The second-order valence-electron chi connectivity index (χ2n) is 6.17. The SMILES string of the molecule is CCN(CC)CCOc1ccc(-c2nc3c(OC(=O)NN)cccc3[nH]2)cc1. The molecule has 0 saturated heterocycles. The molecule has 0 aliphatic heterocycles. The number of H-pyrrole nitrogens is 1. The van der Waals surface area contributed by atoms with Crippen LogP contribution in [-0.2, 0) is 0 Å². The van der Waals surface area contributed by atoms with Crippen molar-refractivity contribution >= 4 is 17.1 Å². The molecule has 148 valence electrons. The van der Waals surface area contributed by atoms with Crippen LogP contribution in [0.5, 0.6) is 11.5 Å². The lowest BCUT2D eigenvalue weighted by atomic mass is 10.2. The zero-order valence-corrected chi connectivity index (χ0v) is 16.1. The first-order chi connectivity index (χ1) is 13.6. The Morgan fingerprint density at radius 2 is 1.93 bits per heavy atom. The minimum atomic E-state index is -0.747. The molecule has 0 unspecified atom stereocenters. The van der Waals surface area contributed by atoms with Gasteiger partial charge >= 0.3 is 6.09 Å². The minimum absolute atomic E-state index is 0.333. The van der Waals surface area contributed by atoms with Crippen molar-refractivity contribution in [3.63, 3.8) is 0 Å². The van der Waals surface area contributed by atoms with Gasteiger partial charge in [-0.05, 0) is 49.5 Å². The fourth-order valence-electron chi connectivity index (χ4n) is 2.90.